The maximum Gasteiger partial charge on any atom is 0.309 e. The lowest BCUT2D eigenvalue weighted by Crippen LogP contribution is -2.69. The Kier molecular flexibility index (Phi) is 5.29. The van der Waals surface area contributed by atoms with Crippen molar-refractivity contribution in [1.29, 1.82) is 0 Å². The molecule has 0 aromatic carbocycles. The molecule has 5 fully saturated rings. The molecule has 12 atom stereocenters. The van der Waals surface area contributed by atoms with Gasteiger partial charge < -0.3 is 15.3 Å². The average Bonchev–Trinajstić information content (AvgIpc) is 3.14. The molecule has 0 amide bonds. The van der Waals surface area contributed by atoms with Crippen molar-refractivity contribution in [2.45, 2.75) is 105 Å². The minimum absolute atomic E-state index is 0.0184. The molecule has 186 valence electrons. The lowest BCUT2D eigenvalue weighted by atomic mass is 9.32. The second kappa shape index (κ2) is 7.32. The number of aliphatic hydroxyl groups is 2. The van der Waals surface area contributed by atoms with Crippen LogP contribution in [-0.4, -0.2) is 33.5 Å². The van der Waals surface area contributed by atoms with Crippen LogP contribution in [0.15, 0.2) is 12.2 Å². The summed E-state index contributed by atoms with van der Waals surface area (Å²) in [6, 6.07) is 0. The Morgan fingerprint density at radius 1 is 0.879 bits per heavy atom. The SMILES string of the molecule is C=C(C)[C@@H]1CC[C@]2(C(=O)O)CC[C@]3(C)[C@H](C[C@@H](O)[C@@H]4[C@@]5(C)CC[C@@H](O)[C@@H](C)[C@@H]5CC[C@]43C)[C@@H]12. The van der Waals surface area contributed by atoms with Gasteiger partial charge in [-0.05, 0) is 116 Å². The molecule has 5 rings (SSSR count). The number of aliphatic hydroxyl groups excluding tert-OH is 2. The third-order valence-electron chi connectivity index (χ3n) is 13.0. The monoisotopic (exact) mass is 458 g/mol. The number of fused-ring (bicyclic) bond motifs is 7. The van der Waals surface area contributed by atoms with Gasteiger partial charge in [-0.3, -0.25) is 4.79 Å². The standard InChI is InChI=1S/C29H46O4/c1-16(2)18-7-12-29(25(32)33)14-13-27(5)20(23(18)29)15-22(31)24-26(4)10-9-21(30)17(3)19(26)8-11-28(24,27)6/h17-24,30-31H,1,7-15H2,2-6H3,(H,32,33)/t17-,18-,19-,20+,21+,22+,23+,24+,26-,27+,28+,29-/m0/s1. The van der Waals surface area contributed by atoms with E-state index in [1.54, 1.807) is 0 Å². The Labute approximate surface area is 200 Å². The smallest absolute Gasteiger partial charge is 0.309 e. The maximum atomic E-state index is 12.7. The zero-order chi connectivity index (χ0) is 24.1. The van der Waals surface area contributed by atoms with E-state index in [0.717, 1.165) is 63.4 Å². The Bertz CT molecular complexity index is 853. The molecule has 0 bridgehead atoms. The summed E-state index contributed by atoms with van der Waals surface area (Å²) in [5.41, 5.74) is 0.506. The van der Waals surface area contributed by atoms with Gasteiger partial charge in [0.25, 0.3) is 0 Å². The van der Waals surface area contributed by atoms with Crippen LogP contribution >= 0.6 is 0 Å². The quantitative estimate of drug-likeness (QED) is 0.466. The number of hydrogen-bond donors (Lipinski definition) is 3. The maximum absolute atomic E-state index is 12.7. The average molecular weight is 459 g/mol. The van der Waals surface area contributed by atoms with Crippen LogP contribution in [0.4, 0.5) is 0 Å². The highest BCUT2D eigenvalue weighted by molar-refractivity contribution is 5.76. The molecule has 0 aliphatic heterocycles. The summed E-state index contributed by atoms with van der Waals surface area (Å²) in [6.45, 7) is 15.9. The highest BCUT2D eigenvalue weighted by atomic mass is 16.4. The number of carboxylic acids is 1. The van der Waals surface area contributed by atoms with Gasteiger partial charge in [0.05, 0.1) is 17.6 Å². The number of aliphatic carboxylic acids is 1. The van der Waals surface area contributed by atoms with E-state index in [2.05, 4.69) is 41.2 Å². The molecule has 4 nitrogen and oxygen atoms in total. The first kappa shape index (κ1) is 23.9. The molecule has 0 unspecified atom stereocenters. The number of carboxylic acid groups (broad SMARTS) is 1. The minimum atomic E-state index is -0.652. The number of rotatable bonds is 2. The lowest BCUT2D eigenvalue weighted by Gasteiger charge is -2.72. The number of hydrogen-bond acceptors (Lipinski definition) is 3. The van der Waals surface area contributed by atoms with Crippen molar-refractivity contribution in [3.63, 3.8) is 0 Å². The zero-order valence-electron chi connectivity index (χ0n) is 21.4. The third-order valence-corrected chi connectivity index (χ3v) is 13.0. The Hall–Kier alpha value is -0.870. The zero-order valence-corrected chi connectivity index (χ0v) is 21.4. The molecule has 0 aromatic heterocycles. The van der Waals surface area contributed by atoms with Crippen LogP contribution in [0, 0.1) is 57.2 Å². The second-order valence-electron chi connectivity index (χ2n) is 13.8. The van der Waals surface area contributed by atoms with Crippen molar-refractivity contribution in [3.8, 4) is 0 Å². The van der Waals surface area contributed by atoms with Crippen molar-refractivity contribution in [3.05, 3.63) is 12.2 Å². The van der Waals surface area contributed by atoms with Crippen LogP contribution in [0.1, 0.15) is 92.4 Å². The van der Waals surface area contributed by atoms with Gasteiger partial charge in [-0.15, -0.1) is 0 Å². The van der Waals surface area contributed by atoms with E-state index in [-0.39, 0.29) is 51.9 Å². The summed E-state index contributed by atoms with van der Waals surface area (Å²) < 4.78 is 0. The molecule has 5 saturated carbocycles. The Morgan fingerprint density at radius 3 is 2.21 bits per heavy atom. The predicted molar refractivity (Wildman–Crippen MR) is 129 cm³/mol. The summed E-state index contributed by atoms with van der Waals surface area (Å²) in [7, 11) is 0. The van der Waals surface area contributed by atoms with E-state index in [1.807, 2.05) is 0 Å². The van der Waals surface area contributed by atoms with Crippen LogP contribution in [0.25, 0.3) is 0 Å². The molecular weight excluding hydrogens is 412 g/mol. The fraction of sp³-hybridized carbons (Fsp3) is 0.897. The molecule has 0 spiro atoms. The van der Waals surface area contributed by atoms with Gasteiger partial charge in [-0.2, -0.15) is 0 Å². The normalized spacial score (nSPS) is 57.9. The molecule has 0 aromatic rings. The number of allylic oxidation sites excluding steroid dienone is 1. The van der Waals surface area contributed by atoms with Crippen molar-refractivity contribution in [2.24, 2.45) is 57.2 Å². The van der Waals surface area contributed by atoms with Crippen molar-refractivity contribution >= 4 is 5.97 Å². The fourth-order valence-electron chi connectivity index (χ4n) is 11.2. The van der Waals surface area contributed by atoms with Gasteiger partial charge in [0.15, 0.2) is 0 Å². The third kappa shape index (κ3) is 2.80. The first-order valence-corrected chi connectivity index (χ1v) is 13.6. The highest BCUT2D eigenvalue weighted by Gasteiger charge is 2.73. The lowest BCUT2D eigenvalue weighted by molar-refractivity contribution is -0.267. The molecule has 0 heterocycles. The van der Waals surface area contributed by atoms with Crippen LogP contribution in [-0.2, 0) is 4.79 Å². The summed E-state index contributed by atoms with van der Waals surface area (Å²) in [5.74, 6) is 0.860. The van der Waals surface area contributed by atoms with E-state index in [0.29, 0.717) is 5.92 Å². The van der Waals surface area contributed by atoms with Crippen molar-refractivity contribution < 1.29 is 20.1 Å². The number of carbonyl (C=O) groups is 1. The van der Waals surface area contributed by atoms with E-state index in [9.17, 15) is 20.1 Å². The molecule has 33 heavy (non-hydrogen) atoms. The minimum Gasteiger partial charge on any atom is -0.481 e. The van der Waals surface area contributed by atoms with E-state index in [1.165, 1.54) is 0 Å². The molecule has 4 heteroatoms. The molecule has 5 aliphatic carbocycles. The summed E-state index contributed by atoms with van der Waals surface area (Å²) in [6.07, 6.45) is 7.47. The van der Waals surface area contributed by atoms with E-state index < -0.39 is 17.5 Å². The molecular formula is C29H46O4. The first-order valence-electron chi connectivity index (χ1n) is 13.6. The van der Waals surface area contributed by atoms with Crippen molar-refractivity contribution in [1.82, 2.24) is 0 Å². The topological polar surface area (TPSA) is 77.8 Å². The van der Waals surface area contributed by atoms with E-state index in [4.69, 9.17) is 0 Å². The van der Waals surface area contributed by atoms with Crippen LogP contribution in [0.5, 0.6) is 0 Å². The van der Waals surface area contributed by atoms with Crippen molar-refractivity contribution in [2.75, 3.05) is 0 Å². The van der Waals surface area contributed by atoms with Gasteiger partial charge >= 0.3 is 5.97 Å². The van der Waals surface area contributed by atoms with Gasteiger partial charge in [-0.1, -0.05) is 39.8 Å². The second-order valence-corrected chi connectivity index (χ2v) is 13.8. The molecule has 0 saturated heterocycles. The Morgan fingerprint density at radius 2 is 1.58 bits per heavy atom. The predicted octanol–water partition coefficient (Wildman–Crippen LogP) is 5.67. The fourth-order valence-corrected chi connectivity index (χ4v) is 11.2. The van der Waals surface area contributed by atoms with Gasteiger partial charge in [-0.25, -0.2) is 0 Å². The molecule has 3 N–H and O–H groups in total. The summed E-state index contributed by atoms with van der Waals surface area (Å²) >= 11 is 0. The largest absolute Gasteiger partial charge is 0.481 e. The summed E-state index contributed by atoms with van der Waals surface area (Å²) in [4.78, 5) is 12.7. The Balaban J connectivity index is 1.60. The molecule has 0 radical (unpaired) electrons. The van der Waals surface area contributed by atoms with Gasteiger partial charge in [0, 0.05) is 0 Å². The summed E-state index contributed by atoms with van der Waals surface area (Å²) in [5, 5.41) is 33.0. The highest BCUT2D eigenvalue weighted by Crippen LogP contribution is 2.76. The van der Waals surface area contributed by atoms with Gasteiger partial charge in [0.2, 0.25) is 0 Å². The van der Waals surface area contributed by atoms with E-state index >= 15 is 0 Å². The van der Waals surface area contributed by atoms with Crippen LogP contribution < -0.4 is 0 Å². The molecule has 5 aliphatic rings. The van der Waals surface area contributed by atoms with Crippen LogP contribution in [0.2, 0.25) is 0 Å². The van der Waals surface area contributed by atoms with Crippen LogP contribution in [0.3, 0.4) is 0 Å². The van der Waals surface area contributed by atoms with Gasteiger partial charge in [0.1, 0.15) is 0 Å². The first-order chi connectivity index (χ1) is 15.3.